The van der Waals surface area contributed by atoms with Crippen LogP contribution in [0, 0.1) is 6.92 Å². The van der Waals surface area contributed by atoms with Crippen LogP contribution in [0.25, 0.3) is 16.9 Å². The number of aryl methyl sites for hydroxylation is 1. The first kappa shape index (κ1) is 24.7. The Morgan fingerprint density at radius 3 is 2.67 bits per heavy atom. The number of rotatable bonds is 10. The summed E-state index contributed by atoms with van der Waals surface area (Å²) in [6, 6.07) is 6.33. The number of nitrogens with one attached hydrogen (secondary N) is 3. The molecule has 0 spiro atoms. The number of ether oxygens (including phenoxy) is 1. The summed E-state index contributed by atoms with van der Waals surface area (Å²) in [7, 11) is -2.57. The molecule has 4 N–H and O–H groups in total. The molecule has 0 aliphatic rings. The van der Waals surface area contributed by atoms with E-state index in [1.807, 2.05) is 0 Å². The molecular weight excluding hydrogens is 472 g/mol. The molecule has 3 aromatic rings. The molecule has 0 radical (unpaired) electrons. The Hall–Kier alpha value is -2.93. The fraction of sp³-hybridized carbons (Fsp3) is 0.350. The van der Waals surface area contributed by atoms with Crippen molar-refractivity contribution >= 4 is 38.9 Å². The van der Waals surface area contributed by atoms with Crippen LogP contribution in [0.5, 0.6) is 5.75 Å². The number of amides is 1. The Bertz CT molecular complexity index is 1280. The minimum atomic E-state index is -3.94. The van der Waals surface area contributed by atoms with Gasteiger partial charge in [-0.05, 0) is 25.1 Å². The maximum Gasteiger partial charge on any atom is 0.244 e. The zero-order chi connectivity index (χ0) is 24.2. The van der Waals surface area contributed by atoms with Gasteiger partial charge in [0.25, 0.3) is 0 Å². The van der Waals surface area contributed by atoms with E-state index >= 15 is 0 Å². The van der Waals surface area contributed by atoms with Gasteiger partial charge >= 0.3 is 0 Å². The summed E-state index contributed by atoms with van der Waals surface area (Å²) in [5, 5.41) is 19.4. The number of fused-ring (bicyclic) bond motifs is 1. The van der Waals surface area contributed by atoms with Gasteiger partial charge in [-0.2, -0.15) is 5.10 Å². The highest BCUT2D eigenvalue weighted by atomic mass is 35.5. The fourth-order valence-corrected chi connectivity index (χ4v) is 4.69. The summed E-state index contributed by atoms with van der Waals surface area (Å²) in [5.41, 5.74) is 2.79. The van der Waals surface area contributed by atoms with E-state index in [2.05, 4.69) is 25.4 Å². The van der Waals surface area contributed by atoms with Crippen LogP contribution in [0.3, 0.4) is 0 Å². The molecule has 1 amide bonds. The summed E-state index contributed by atoms with van der Waals surface area (Å²) >= 11 is 6.25. The quantitative estimate of drug-likeness (QED) is 0.306. The molecule has 0 saturated heterocycles. The SMILES string of the molecule is COc1ccc(-c2c(C)nc3c(NCCNC(C)=O)cc(Cl)nn23)cc1S(=O)(=O)NCCO. The van der Waals surface area contributed by atoms with Crippen LogP contribution in [0.2, 0.25) is 5.15 Å². The molecule has 3 rings (SSSR count). The van der Waals surface area contributed by atoms with Crippen LogP contribution in [-0.4, -0.2) is 67.4 Å². The van der Waals surface area contributed by atoms with Gasteiger partial charge in [0.2, 0.25) is 15.9 Å². The average Bonchev–Trinajstić information content (AvgIpc) is 3.10. The van der Waals surface area contributed by atoms with Gasteiger partial charge in [-0.25, -0.2) is 22.6 Å². The van der Waals surface area contributed by atoms with Gasteiger partial charge in [-0.1, -0.05) is 11.6 Å². The van der Waals surface area contributed by atoms with Crippen molar-refractivity contribution in [3.8, 4) is 17.0 Å². The smallest absolute Gasteiger partial charge is 0.244 e. The zero-order valence-corrected chi connectivity index (χ0v) is 19.9. The first-order chi connectivity index (χ1) is 15.7. The Labute approximate surface area is 196 Å². The standard InChI is InChI=1S/C20H25ClN6O5S/c1-12-19(14-4-5-16(32-3)17(10-14)33(30,31)24-8-9-28)27-20(25-12)15(11-18(21)26-27)23-7-6-22-13(2)29/h4-5,10-11,23-24,28H,6-9H2,1-3H3,(H,22,29). The molecule has 2 aromatic heterocycles. The number of carbonyl (C=O) groups is 1. The number of carbonyl (C=O) groups excluding carboxylic acids is 1. The maximum absolute atomic E-state index is 12.7. The molecule has 0 bridgehead atoms. The molecule has 13 heteroatoms. The fourth-order valence-electron chi connectivity index (χ4n) is 3.29. The monoisotopic (exact) mass is 496 g/mol. The number of aromatic nitrogens is 3. The first-order valence-electron chi connectivity index (χ1n) is 10.0. The lowest BCUT2D eigenvalue weighted by Gasteiger charge is -2.13. The molecule has 33 heavy (non-hydrogen) atoms. The van der Waals surface area contributed by atoms with Gasteiger partial charge in [-0.3, -0.25) is 4.79 Å². The van der Waals surface area contributed by atoms with Crippen molar-refractivity contribution in [2.45, 2.75) is 18.7 Å². The highest BCUT2D eigenvalue weighted by molar-refractivity contribution is 7.89. The second-order valence-corrected chi connectivity index (χ2v) is 9.18. The van der Waals surface area contributed by atoms with Gasteiger partial charge in [0, 0.05) is 38.2 Å². The van der Waals surface area contributed by atoms with Crippen molar-refractivity contribution in [2.24, 2.45) is 0 Å². The minimum Gasteiger partial charge on any atom is -0.495 e. The van der Waals surface area contributed by atoms with Crippen LogP contribution in [0.4, 0.5) is 5.69 Å². The molecule has 0 saturated carbocycles. The number of methoxy groups -OCH3 is 1. The molecule has 0 aliphatic carbocycles. The predicted molar refractivity (Wildman–Crippen MR) is 124 cm³/mol. The Morgan fingerprint density at radius 1 is 1.24 bits per heavy atom. The lowest BCUT2D eigenvalue weighted by molar-refractivity contribution is -0.118. The van der Waals surface area contributed by atoms with Gasteiger partial charge in [0.15, 0.2) is 10.8 Å². The highest BCUT2D eigenvalue weighted by Gasteiger charge is 2.23. The van der Waals surface area contributed by atoms with Crippen molar-refractivity contribution in [3.63, 3.8) is 0 Å². The number of halogens is 1. The van der Waals surface area contributed by atoms with E-state index < -0.39 is 10.0 Å². The maximum atomic E-state index is 12.7. The molecule has 0 unspecified atom stereocenters. The average molecular weight is 497 g/mol. The number of imidazole rings is 1. The third-order valence-electron chi connectivity index (χ3n) is 4.67. The van der Waals surface area contributed by atoms with Gasteiger partial charge < -0.3 is 20.5 Å². The number of benzene rings is 1. The van der Waals surface area contributed by atoms with Crippen molar-refractivity contribution in [1.29, 1.82) is 0 Å². The molecule has 0 fully saturated rings. The third-order valence-corrected chi connectivity index (χ3v) is 6.34. The Balaban J connectivity index is 2.08. The van der Waals surface area contributed by atoms with E-state index in [1.54, 1.807) is 25.1 Å². The number of anilines is 1. The second kappa shape index (κ2) is 10.3. The summed E-state index contributed by atoms with van der Waals surface area (Å²) in [5.74, 6) is 0.0226. The molecule has 11 nitrogen and oxygen atoms in total. The minimum absolute atomic E-state index is 0.0824. The van der Waals surface area contributed by atoms with Crippen molar-refractivity contribution in [3.05, 3.63) is 35.1 Å². The van der Waals surface area contributed by atoms with Crippen LogP contribution >= 0.6 is 11.6 Å². The normalized spacial score (nSPS) is 11.5. The number of aliphatic hydroxyl groups excluding tert-OH is 1. The number of sulfonamides is 1. The summed E-state index contributed by atoms with van der Waals surface area (Å²) < 4.78 is 34.6. The highest BCUT2D eigenvalue weighted by Crippen LogP contribution is 2.33. The molecule has 178 valence electrons. The molecule has 1 aromatic carbocycles. The Kier molecular flexibility index (Phi) is 7.74. The number of nitrogens with zero attached hydrogens (tertiary/aromatic N) is 3. The molecular formula is C20H25ClN6O5S. The summed E-state index contributed by atoms with van der Waals surface area (Å²) in [6.07, 6.45) is 0. The van der Waals surface area contributed by atoms with Gasteiger partial charge in [0.05, 0.1) is 30.8 Å². The van der Waals surface area contributed by atoms with E-state index in [9.17, 15) is 13.2 Å². The van der Waals surface area contributed by atoms with Crippen LogP contribution < -0.4 is 20.1 Å². The third kappa shape index (κ3) is 5.53. The van der Waals surface area contributed by atoms with Crippen LogP contribution in [0.1, 0.15) is 12.6 Å². The van der Waals surface area contributed by atoms with Gasteiger partial charge in [-0.15, -0.1) is 0 Å². The number of aliphatic hydroxyl groups is 1. The topological polar surface area (TPSA) is 147 Å². The van der Waals surface area contributed by atoms with E-state index in [-0.39, 0.29) is 34.9 Å². The number of hydrogen-bond acceptors (Lipinski definition) is 8. The first-order valence-corrected chi connectivity index (χ1v) is 11.9. The van der Waals surface area contributed by atoms with E-state index in [1.165, 1.54) is 24.6 Å². The predicted octanol–water partition coefficient (Wildman–Crippen LogP) is 1.19. The molecule has 2 heterocycles. The molecule has 0 aliphatic heterocycles. The second-order valence-electron chi connectivity index (χ2n) is 7.06. The molecule has 0 atom stereocenters. The van der Waals surface area contributed by atoms with Crippen molar-refractivity contribution in [2.75, 3.05) is 38.7 Å². The van der Waals surface area contributed by atoms with E-state index in [4.69, 9.17) is 21.4 Å². The Morgan fingerprint density at radius 2 is 2.00 bits per heavy atom. The number of hydrogen-bond donors (Lipinski definition) is 4. The lowest BCUT2D eigenvalue weighted by atomic mass is 10.1. The van der Waals surface area contributed by atoms with Crippen molar-refractivity contribution in [1.82, 2.24) is 24.6 Å². The van der Waals surface area contributed by atoms with Crippen LogP contribution in [0.15, 0.2) is 29.2 Å². The zero-order valence-electron chi connectivity index (χ0n) is 18.3. The van der Waals surface area contributed by atoms with E-state index in [0.717, 1.165) is 0 Å². The van der Waals surface area contributed by atoms with Crippen LogP contribution in [-0.2, 0) is 14.8 Å². The lowest BCUT2D eigenvalue weighted by Crippen LogP contribution is -2.27. The summed E-state index contributed by atoms with van der Waals surface area (Å²) in [6.45, 7) is 3.60. The summed E-state index contributed by atoms with van der Waals surface area (Å²) in [4.78, 5) is 15.6. The van der Waals surface area contributed by atoms with E-state index in [0.29, 0.717) is 41.4 Å². The largest absolute Gasteiger partial charge is 0.495 e. The van der Waals surface area contributed by atoms with Gasteiger partial charge in [0.1, 0.15) is 10.6 Å². The van der Waals surface area contributed by atoms with Crippen molar-refractivity contribution < 1.29 is 23.1 Å².